The zero-order valence-corrected chi connectivity index (χ0v) is 19.2. The molecule has 3 atom stereocenters. The van der Waals surface area contributed by atoms with Gasteiger partial charge in [0.15, 0.2) is 5.78 Å². The SMILES string of the molecule is O=C(CC(CNC12CCCC1OCC2=O)Cc1ccc(O)cc1)n1ccc(-c2ccccc2)c1. The highest BCUT2D eigenvalue weighted by Crippen LogP contribution is 2.38. The van der Waals surface area contributed by atoms with Crippen LogP contribution in [0.4, 0.5) is 0 Å². The van der Waals surface area contributed by atoms with E-state index in [1.54, 1.807) is 16.7 Å². The molecule has 0 spiro atoms. The molecule has 34 heavy (non-hydrogen) atoms. The van der Waals surface area contributed by atoms with Gasteiger partial charge in [-0.1, -0.05) is 42.5 Å². The van der Waals surface area contributed by atoms with Crippen LogP contribution >= 0.6 is 0 Å². The van der Waals surface area contributed by atoms with E-state index in [9.17, 15) is 14.7 Å². The van der Waals surface area contributed by atoms with E-state index >= 15 is 0 Å². The summed E-state index contributed by atoms with van der Waals surface area (Å²) in [5.41, 5.74) is 2.51. The van der Waals surface area contributed by atoms with Gasteiger partial charge >= 0.3 is 0 Å². The number of aromatic nitrogens is 1. The summed E-state index contributed by atoms with van der Waals surface area (Å²) in [6.45, 7) is 0.718. The Hall–Kier alpha value is -3.22. The second-order valence-corrected chi connectivity index (χ2v) is 9.48. The van der Waals surface area contributed by atoms with Gasteiger partial charge in [0.2, 0.25) is 5.91 Å². The number of ketones is 1. The van der Waals surface area contributed by atoms with E-state index in [0.717, 1.165) is 36.0 Å². The normalized spacial score (nSPS) is 22.6. The van der Waals surface area contributed by atoms with Gasteiger partial charge in [-0.25, -0.2) is 0 Å². The number of phenolic OH excluding ortho intramolecular Hbond substituents is 1. The maximum atomic E-state index is 13.2. The van der Waals surface area contributed by atoms with Crippen LogP contribution in [0.3, 0.4) is 0 Å². The topological polar surface area (TPSA) is 80.6 Å². The molecule has 2 N–H and O–H groups in total. The number of nitrogens with one attached hydrogen (secondary N) is 1. The van der Waals surface area contributed by atoms with Gasteiger partial charge in [0.05, 0.1) is 6.10 Å². The number of aromatic hydroxyl groups is 1. The van der Waals surface area contributed by atoms with Crippen LogP contribution in [0.1, 0.15) is 36.0 Å². The van der Waals surface area contributed by atoms with Gasteiger partial charge in [-0.05, 0) is 73.0 Å². The number of rotatable bonds is 8. The van der Waals surface area contributed by atoms with E-state index in [2.05, 4.69) is 5.32 Å². The largest absolute Gasteiger partial charge is 0.508 e. The van der Waals surface area contributed by atoms with Crippen LogP contribution in [0.5, 0.6) is 5.75 Å². The fraction of sp³-hybridized carbons (Fsp3) is 0.357. The Kier molecular flexibility index (Phi) is 6.35. The molecular formula is C28H30N2O4. The second kappa shape index (κ2) is 9.57. The van der Waals surface area contributed by atoms with Crippen molar-refractivity contribution in [2.75, 3.05) is 13.2 Å². The van der Waals surface area contributed by atoms with Crippen molar-refractivity contribution in [1.29, 1.82) is 0 Å². The third-order valence-corrected chi connectivity index (χ3v) is 7.22. The molecule has 6 nitrogen and oxygen atoms in total. The van der Waals surface area contributed by atoms with Crippen molar-refractivity contribution in [3.8, 4) is 16.9 Å². The molecule has 1 aromatic heterocycles. The van der Waals surface area contributed by atoms with Crippen molar-refractivity contribution in [2.45, 2.75) is 43.7 Å². The molecule has 2 aromatic carbocycles. The summed E-state index contributed by atoms with van der Waals surface area (Å²) >= 11 is 0. The highest BCUT2D eigenvalue weighted by Gasteiger charge is 2.53. The van der Waals surface area contributed by atoms with Gasteiger partial charge in [-0.2, -0.15) is 0 Å². The van der Waals surface area contributed by atoms with Gasteiger partial charge in [0, 0.05) is 18.8 Å². The maximum Gasteiger partial charge on any atom is 0.230 e. The number of fused-ring (bicyclic) bond motifs is 1. The van der Waals surface area contributed by atoms with Crippen LogP contribution in [0.15, 0.2) is 73.1 Å². The number of hydrogen-bond acceptors (Lipinski definition) is 5. The molecular weight excluding hydrogens is 428 g/mol. The predicted octanol–water partition coefficient (Wildman–Crippen LogP) is 4.23. The molecule has 2 heterocycles. The number of ether oxygens (including phenoxy) is 1. The molecule has 0 amide bonds. The van der Waals surface area contributed by atoms with Crippen LogP contribution < -0.4 is 5.32 Å². The zero-order chi connectivity index (χ0) is 23.5. The monoisotopic (exact) mass is 458 g/mol. The van der Waals surface area contributed by atoms with Crippen molar-refractivity contribution in [1.82, 2.24) is 9.88 Å². The van der Waals surface area contributed by atoms with Gasteiger partial charge in [0.1, 0.15) is 17.9 Å². The minimum absolute atomic E-state index is 0.0105. The van der Waals surface area contributed by atoms with Crippen LogP contribution in [-0.2, 0) is 16.0 Å². The summed E-state index contributed by atoms with van der Waals surface area (Å²) in [6, 6.07) is 19.1. The average molecular weight is 459 g/mol. The number of phenols is 1. The predicted molar refractivity (Wildman–Crippen MR) is 130 cm³/mol. The number of benzene rings is 2. The number of nitrogens with zero attached hydrogens (tertiary/aromatic N) is 1. The molecule has 5 rings (SSSR count). The van der Waals surface area contributed by atoms with E-state index in [1.807, 2.05) is 60.9 Å². The van der Waals surface area contributed by atoms with Gasteiger partial charge < -0.3 is 15.2 Å². The Bertz CT molecular complexity index is 1150. The van der Waals surface area contributed by atoms with Crippen LogP contribution in [0.2, 0.25) is 0 Å². The van der Waals surface area contributed by atoms with Gasteiger partial charge in [-0.3, -0.25) is 14.2 Å². The van der Waals surface area contributed by atoms with E-state index in [1.165, 1.54) is 0 Å². The molecule has 1 aliphatic heterocycles. The molecule has 1 saturated carbocycles. The quantitative estimate of drug-likeness (QED) is 0.528. The lowest BCUT2D eigenvalue weighted by Gasteiger charge is -2.30. The average Bonchev–Trinajstić information content (AvgIpc) is 3.57. The number of hydrogen-bond donors (Lipinski definition) is 2. The van der Waals surface area contributed by atoms with Crippen molar-refractivity contribution >= 4 is 11.7 Å². The maximum absolute atomic E-state index is 13.2. The summed E-state index contributed by atoms with van der Waals surface area (Å²) in [7, 11) is 0. The van der Waals surface area contributed by atoms with E-state index in [4.69, 9.17) is 4.74 Å². The Morgan fingerprint density at radius 2 is 1.91 bits per heavy atom. The number of Topliss-reactive ketones (excluding diaryl/α,β-unsaturated/α-hetero) is 1. The minimum atomic E-state index is -0.607. The summed E-state index contributed by atoms with van der Waals surface area (Å²) < 4.78 is 7.40. The first kappa shape index (κ1) is 22.6. The molecule has 6 heteroatoms. The fourth-order valence-corrected chi connectivity index (χ4v) is 5.34. The Labute approximate surface area is 199 Å². The summed E-state index contributed by atoms with van der Waals surface area (Å²) in [5.74, 6) is 0.352. The van der Waals surface area contributed by atoms with E-state index in [-0.39, 0.29) is 36.1 Å². The van der Waals surface area contributed by atoms with Crippen LogP contribution in [0.25, 0.3) is 11.1 Å². The molecule has 1 aliphatic carbocycles. The standard InChI is InChI=1S/C28H30N2O4/c31-24-10-8-20(9-11-24)15-21(17-29-28-13-4-7-26(28)34-19-25(28)32)16-27(33)30-14-12-23(18-30)22-5-2-1-3-6-22/h1-3,5-6,8-12,14,18,21,26,29,31H,4,7,13,15-17,19H2. The van der Waals surface area contributed by atoms with Crippen molar-refractivity contribution < 1.29 is 19.4 Å². The molecule has 2 aliphatic rings. The molecule has 0 radical (unpaired) electrons. The molecule has 3 unspecified atom stereocenters. The van der Waals surface area contributed by atoms with Crippen LogP contribution in [0, 0.1) is 5.92 Å². The Morgan fingerprint density at radius 1 is 1.12 bits per heavy atom. The lowest BCUT2D eigenvalue weighted by Crippen LogP contribution is -2.55. The van der Waals surface area contributed by atoms with Crippen molar-refractivity contribution in [2.24, 2.45) is 5.92 Å². The number of carbonyl (C=O) groups is 2. The van der Waals surface area contributed by atoms with Crippen LogP contribution in [-0.4, -0.2) is 46.2 Å². The number of carbonyl (C=O) groups excluding carboxylic acids is 2. The van der Waals surface area contributed by atoms with Crippen molar-refractivity contribution in [3.63, 3.8) is 0 Å². The Morgan fingerprint density at radius 3 is 2.71 bits per heavy atom. The Balaban J connectivity index is 1.32. The molecule has 3 aromatic rings. The highest BCUT2D eigenvalue weighted by atomic mass is 16.5. The second-order valence-electron chi connectivity index (χ2n) is 9.48. The third kappa shape index (κ3) is 4.56. The van der Waals surface area contributed by atoms with Gasteiger partial charge in [-0.15, -0.1) is 0 Å². The molecule has 176 valence electrons. The summed E-state index contributed by atoms with van der Waals surface area (Å²) in [6.07, 6.45) is 7.28. The first-order valence-corrected chi connectivity index (χ1v) is 12.0. The van der Waals surface area contributed by atoms with Gasteiger partial charge in [0.25, 0.3) is 0 Å². The summed E-state index contributed by atoms with van der Waals surface area (Å²) in [4.78, 5) is 25.9. The van der Waals surface area contributed by atoms with E-state index < -0.39 is 5.54 Å². The fourth-order valence-electron chi connectivity index (χ4n) is 5.34. The molecule has 2 fully saturated rings. The zero-order valence-electron chi connectivity index (χ0n) is 19.2. The summed E-state index contributed by atoms with van der Waals surface area (Å²) in [5, 5.41) is 13.2. The van der Waals surface area contributed by atoms with E-state index in [0.29, 0.717) is 19.4 Å². The first-order chi connectivity index (χ1) is 16.5. The lowest BCUT2D eigenvalue weighted by atomic mass is 9.89. The highest BCUT2D eigenvalue weighted by molar-refractivity contribution is 5.92. The first-order valence-electron chi connectivity index (χ1n) is 12.0. The molecule has 1 saturated heterocycles. The van der Waals surface area contributed by atoms with Crippen molar-refractivity contribution in [3.05, 3.63) is 78.6 Å². The lowest BCUT2D eigenvalue weighted by molar-refractivity contribution is -0.122. The molecule has 0 bridgehead atoms. The minimum Gasteiger partial charge on any atom is -0.508 e. The third-order valence-electron chi connectivity index (χ3n) is 7.22. The smallest absolute Gasteiger partial charge is 0.230 e.